The highest BCUT2D eigenvalue weighted by molar-refractivity contribution is 5.72. The molecule has 4 atom stereocenters. The van der Waals surface area contributed by atoms with Crippen molar-refractivity contribution in [3.63, 3.8) is 0 Å². The van der Waals surface area contributed by atoms with Crippen molar-refractivity contribution >= 4 is 5.97 Å². The van der Waals surface area contributed by atoms with Gasteiger partial charge in [0.1, 0.15) is 6.10 Å². The van der Waals surface area contributed by atoms with E-state index in [4.69, 9.17) is 4.74 Å². The zero-order valence-electron chi connectivity index (χ0n) is 10.9. The third-order valence-corrected chi connectivity index (χ3v) is 5.03. The minimum absolute atomic E-state index is 0.0187. The Hall–Kier alpha value is -0.790. The molecule has 1 fully saturated rings. The Morgan fingerprint density at radius 1 is 1.35 bits per heavy atom. The van der Waals surface area contributed by atoms with Crippen LogP contribution in [-0.4, -0.2) is 12.1 Å². The molecule has 94 valence electrons. The lowest BCUT2D eigenvalue weighted by molar-refractivity contribution is -0.155. The Balaban J connectivity index is 1.67. The van der Waals surface area contributed by atoms with Crippen LogP contribution in [0.5, 0.6) is 0 Å². The third kappa shape index (κ3) is 1.73. The largest absolute Gasteiger partial charge is 0.462 e. The molecular weight excluding hydrogens is 212 g/mol. The van der Waals surface area contributed by atoms with Crippen molar-refractivity contribution in [2.24, 2.45) is 17.8 Å². The molecule has 17 heavy (non-hydrogen) atoms. The number of hydrogen-bond donors (Lipinski definition) is 0. The highest BCUT2D eigenvalue weighted by atomic mass is 16.5. The van der Waals surface area contributed by atoms with E-state index in [9.17, 15) is 4.79 Å². The lowest BCUT2D eigenvalue weighted by Gasteiger charge is -2.25. The zero-order valence-corrected chi connectivity index (χ0v) is 10.9. The van der Waals surface area contributed by atoms with Gasteiger partial charge in [0.05, 0.1) is 5.92 Å². The number of carbonyl (C=O) groups is 1. The number of rotatable bonds is 3. The third-order valence-electron chi connectivity index (χ3n) is 5.03. The van der Waals surface area contributed by atoms with Gasteiger partial charge in [0.15, 0.2) is 0 Å². The van der Waals surface area contributed by atoms with Gasteiger partial charge in [-0.3, -0.25) is 4.79 Å². The van der Waals surface area contributed by atoms with Gasteiger partial charge in [0, 0.05) is 5.92 Å². The highest BCUT2D eigenvalue weighted by Crippen LogP contribution is 2.55. The Morgan fingerprint density at radius 3 is 2.88 bits per heavy atom. The average Bonchev–Trinajstić information content (AvgIpc) is 2.98. The summed E-state index contributed by atoms with van der Waals surface area (Å²) in [5.74, 6) is 1.43. The van der Waals surface area contributed by atoms with Crippen LogP contribution in [0.15, 0.2) is 11.1 Å². The second-order valence-electron chi connectivity index (χ2n) is 5.96. The fourth-order valence-corrected chi connectivity index (χ4v) is 3.89. The monoisotopic (exact) mass is 234 g/mol. The number of fused-ring (bicyclic) bond motifs is 4. The van der Waals surface area contributed by atoms with Crippen LogP contribution in [0.1, 0.15) is 52.4 Å². The molecule has 0 aromatic carbocycles. The molecular formula is C15H22O2. The topological polar surface area (TPSA) is 26.3 Å². The van der Waals surface area contributed by atoms with Crippen LogP contribution in [-0.2, 0) is 9.53 Å². The molecule has 0 radical (unpaired) electrons. The maximum atomic E-state index is 11.9. The highest BCUT2D eigenvalue weighted by Gasteiger charge is 2.48. The number of allylic oxidation sites excluding steroid dienone is 1. The molecule has 0 aromatic rings. The minimum atomic E-state index is 0.0187. The van der Waals surface area contributed by atoms with Crippen molar-refractivity contribution in [3.05, 3.63) is 11.1 Å². The average molecular weight is 234 g/mol. The summed E-state index contributed by atoms with van der Waals surface area (Å²) in [4.78, 5) is 11.9. The molecule has 0 aromatic heterocycles. The van der Waals surface area contributed by atoms with Crippen LogP contribution in [0.2, 0.25) is 0 Å². The molecule has 3 aliphatic carbocycles. The molecule has 0 amide bonds. The number of carbonyl (C=O) groups excluding carboxylic acids is 1. The Morgan fingerprint density at radius 2 is 2.12 bits per heavy atom. The fourth-order valence-electron chi connectivity index (χ4n) is 3.89. The first-order valence-electron chi connectivity index (χ1n) is 7.13. The van der Waals surface area contributed by atoms with Gasteiger partial charge in [-0.15, -0.1) is 0 Å². The van der Waals surface area contributed by atoms with Crippen LogP contribution < -0.4 is 0 Å². The second-order valence-corrected chi connectivity index (χ2v) is 5.96. The lowest BCUT2D eigenvalue weighted by atomic mass is 9.91. The first-order chi connectivity index (χ1) is 8.20. The minimum Gasteiger partial charge on any atom is -0.462 e. The molecule has 0 spiro atoms. The van der Waals surface area contributed by atoms with Crippen molar-refractivity contribution in [1.29, 1.82) is 0 Å². The zero-order chi connectivity index (χ0) is 12.0. The van der Waals surface area contributed by atoms with Crippen molar-refractivity contribution < 1.29 is 9.53 Å². The first kappa shape index (κ1) is 11.3. The summed E-state index contributed by atoms with van der Waals surface area (Å²) in [7, 11) is 0. The summed E-state index contributed by atoms with van der Waals surface area (Å²) in [6.07, 6.45) is 7.39. The van der Waals surface area contributed by atoms with Crippen LogP contribution in [0.4, 0.5) is 0 Å². The quantitative estimate of drug-likeness (QED) is 0.552. The van der Waals surface area contributed by atoms with Gasteiger partial charge in [0.2, 0.25) is 0 Å². The molecule has 2 bridgehead atoms. The van der Waals surface area contributed by atoms with Gasteiger partial charge in [-0.2, -0.15) is 0 Å². The van der Waals surface area contributed by atoms with Crippen LogP contribution >= 0.6 is 0 Å². The molecule has 2 heteroatoms. The summed E-state index contributed by atoms with van der Waals surface area (Å²) in [5, 5.41) is 0. The van der Waals surface area contributed by atoms with Crippen LogP contribution in [0.25, 0.3) is 0 Å². The summed E-state index contributed by atoms with van der Waals surface area (Å²) in [6.45, 7) is 4.01. The molecule has 0 N–H and O–H groups in total. The maximum absolute atomic E-state index is 11.9. The van der Waals surface area contributed by atoms with E-state index >= 15 is 0 Å². The van der Waals surface area contributed by atoms with E-state index in [-0.39, 0.29) is 18.0 Å². The van der Waals surface area contributed by atoms with Crippen LogP contribution in [0.3, 0.4) is 0 Å². The summed E-state index contributed by atoms with van der Waals surface area (Å²) >= 11 is 0. The van der Waals surface area contributed by atoms with Gasteiger partial charge in [-0.1, -0.05) is 25.0 Å². The fraction of sp³-hybridized carbons (Fsp3) is 0.800. The molecule has 0 heterocycles. The molecule has 1 saturated carbocycles. The second kappa shape index (κ2) is 4.15. The van der Waals surface area contributed by atoms with Crippen molar-refractivity contribution in [1.82, 2.24) is 0 Å². The van der Waals surface area contributed by atoms with Gasteiger partial charge in [-0.05, 0) is 44.4 Å². The van der Waals surface area contributed by atoms with Gasteiger partial charge in [-0.25, -0.2) is 0 Å². The molecule has 0 saturated heterocycles. The Labute approximate surface area is 103 Å². The van der Waals surface area contributed by atoms with Crippen LogP contribution in [0, 0.1) is 17.8 Å². The smallest absolute Gasteiger partial charge is 0.308 e. The van der Waals surface area contributed by atoms with E-state index in [2.05, 4.69) is 0 Å². The SMILES string of the molecule is CCC(C)C(=O)OC1CC2CC1C1=C2CCC1. The predicted molar refractivity (Wildman–Crippen MR) is 66.4 cm³/mol. The summed E-state index contributed by atoms with van der Waals surface area (Å²) in [6, 6.07) is 0. The summed E-state index contributed by atoms with van der Waals surface area (Å²) in [5.41, 5.74) is 3.41. The number of ether oxygens (including phenoxy) is 1. The Bertz CT molecular complexity index is 369. The molecule has 3 rings (SSSR count). The number of esters is 1. The Kier molecular flexibility index (Phi) is 2.76. The van der Waals surface area contributed by atoms with Gasteiger partial charge in [0.25, 0.3) is 0 Å². The molecule has 2 nitrogen and oxygen atoms in total. The van der Waals surface area contributed by atoms with E-state index < -0.39 is 0 Å². The normalized spacial score (nSPS) is 36.2. The van der Waals surface area contributed by atoms with Crippen molar-refractivity contribution in [2.75, 3.05) is 0 Å². The van der Waals surface area contributed by atoms with Crippen molar-refractivity contribution in [3.8, 4) is 0 Å². The van der Waals surface area contributed by atoms with Crippen molar-refractivity contribution in [2.45, 2.75) is 58.5 Å². The molecule has 0 aliphatic heterocycles. The van der Waals surface area contributed by atoms with E-state index in [0.29, 0.717) is 5.92 Å². The number of hydrogen-bond acceptors (Lipinski definition) is 2. The van der Waals surface area contributed by atoms with Gasteiger partial charge < -0.3 is 4.74 Å². The van der Waals surface area contributed by atoms with E-state index in [1.807, 2.05) is 13.8 Å². The molecule has 3 aliphatic rings. The predicted octanol–water partition coefficient (Wildman–Crippen LogP) is 3.46. The summed E-state index contributed by atoms with van der Waals surface area (Å²) < 4.78 is 5.73. The standard InChI is InChI=1S/C15H22O2/c1-3-9(2)15(16)17-14-8-10-7-13(14)12-6-4-5-11(10)12/h9-10,13-14H,3-8H2,1-2H3. The van der Waals surface area contributed by atoms with Gasteiger partial charge >= 0.3 is 5.97 Å². The van der Waals surface area contributed by atoms with E-state index in [1.54, 1.807) is 11.1 Å². The molecule has 4 unspecified atom stereocenters. The lowest BCUT2D eigenvalue weighted by Crippen LogP contribution is -2.27. The first-order valence-corrected chi connectivity index (χ1v) is 7.13. The van der Waals surface area contributed by atoms with E-state index in [1.165, 1.54) is 25.7 Å². The van der Waals surface area contributed by atoms with E-state index in [0.717, 1.165) is 18.8 Å². The maximum Gasteiger partial charge on any atom is 0.308 e.